The van der Waals surface area contributed by atoms with E-state index in [9.17, 15) is 12.8 Å². The Hall–Kier alpha value is -2.12. The highest BCUT2D eigenvalue weighted by molar-refractivity contribution is 7.89. The second-order valence-corrected chi connectivity index (χ2v) is 6.67. The molecule has 21 heavy (non-hydrogen) atoms. The lowest BCUT2D eigenvalue weighted by atomic mass is 10.3. The van der Waals surface area contributed by atoms with Gasteiger partial charge in [-0.15, -0.1) is 0 Å². The molecule has 0 aliphatic rings. The van der Waals surface area contributed by atoms with E-state index in [2.05, 4.69) is 0 Å². The Morgan fingerprint density at radius 2 is 1.76 bits per heavy atom. The Morgan fingerprint density at radius 1 is 1.10 bits per heavy atom. The molecule has 112 valence electrons. The average Bonchev–Trinajstić information content (AvgIpc) is 2.43. The molecule has 0 radical (unpaired) electrons. The monoisotopic (exact) mass is 310 g/mol. The van der Waals surface area contributed by atoms with E-state index >= 15 is 0 Å². The topological polar surface area (TPSA) is 72.6 Å². The molecule has 0 amide bonds. The third-order valence-electron chi connectivity index (χ3n) is 2.82. The van der Waals surface area contributed by atoms with E-state index in [4.69, 9.17) is 10.5 Å². The molecule has 0 aliphatic carbocycles. The SMILES string of the molecule is CN(C)S(=O)(=O)c1ccc(N)c(Oc2ccccc2F)c1. The third-order valence-corrected chi connectivity index (χ3v) is 4.63. The van der Waals surface area contributed by atoms with Crippen molar-refractivity contribution >= 4 is 15.7 Å². The molecule has 0 heterocycles. The number of hydrogen-bond donors (Lipinski definition) is 1. The molecule has 5 nitrogen and oxygen atoms in total. The molecule has 0 aromatic heterocycles. The standard InChI is InChI=1S/C14H15FN2O3S/c1-17(2)21(18,19)10-7-8-12(16)14(9-10)20-13-6-4-3-5-11(13)15/h3-9H,16H2,1-2H3. The molecular formula is C14H15FN2O3S. The van der Waals surface area contributed by atoms with Gasteiger partial charge >= 0.3 is 0 Å². The second kappa shape index (κ2) is 5.71. The summed E-state index contributed by atoms with van der Waals surface area (Å²) in [6.07, 6.45) is 0. The first kappa shape index (κ1) is 15.3. The molecule has 2 rings (SSSR count). The van der Waals surface area contributed by atoms with Crippen LogP contribution >= 0.6 is 0 Å². The molecule has 0 saturated heterocycles. The fourth-order valence-corrected chi connectivity index (χ4v) is 2.54. The van der Waals surface area contributed by atoms with Crippen LogP contribution < -0.4 is 10.5 Å². The zero-order chi connectivity index (χ0) is 15.6. The third kappa shape index (κ3) is 3.14. The van der Waals surface area contributed by atoms with Crippen LogP contribution in [0.1, 0.15) is 0 Å². The van der Waals surface area contributed by atoms with Gasteiger partial charge in [0.1, 0.15) is 0 Å². The van der Waals surface area contributed by atoms with Crippen LogP contribution in [0.2, 0.25) is 0 Å². The first-order chi connectivity index (χ1) is 9.82. The van der Waals surface area contributed by atoms with Crippen molar-refractivity contribution in [3.63, 3.8) is 0 Å². The van der Waals surface area contributed by atoms with E-state index in [0.29, 0.717) is 0 Å². The highest BCUT2D eigenvalue weighted by Crippen LogP contribution is 2.31. The average molecular weight is 310 g/mol. The van der Waals surface area contributed by atoms with Gasteiger partial charge in [0.2, 0.25) is 10.0 Å². The van der Waals surface area contributed by atoms with Crippen LogP contribution in [0.25, 0.3) is 0 Å². The zero-order valence-corrected chi connectivity index (χ0v) is 12.4. The summed E-state index contributed by atoms with van der Waals surface area (Å²) in [6, 6.07) is 9.86. The Bertz CT molecular complexity index is 761. The van der Waals surface area contributed by atoms with Gasteiger partial charge in [-0.25, -0.2) is 17.1 Å². The molecule has 0 bridgehead atoms. The molecule has 2 N–H and O–H groups in total. The highest BCUT2D eigenvalue weighted by atomic mass is 32.2. The van der Waals surface area contributed by atoms with E-state index in [1.807, 2.05) is 0 Å². The number of nitrogens with two attached hydrogens (primary N) is 1. The second-order valence-electron chi connectivity index (χ2n) is 4.52. The Kier molecular flexibility index (Phi) is 4.15. The van der Waals surface area contributed by atoms with E-state index < -0.39 is 15.8 Å². The van der Waals surface area contributed by atoms with Crippen LogP contribution in [-0.2, 0) is 10.0 Å². The van der Waals surface area contributed by atoms with Crippen molar-refractivity contribution < 1.29 is 17.5 Å². The molecule has 0 aliphatic heterocycles. The fraction of sp³-hybridized carbons (Fsp3) is 0.143. The minimum Gasteiger partial charge on any atom is -0.452 e. The number of hydrogen-bond acceptors (Lipinski definition) is 4. The van der Waals surface area contributed by atoms with Crippen molar-refractivity contribution in [3.8, 4) is 11.5 Å². The lowest BCUT2D eigenvalue weighted by molar-refractivity contribution is 0.442. The first-order valence-corrected chi connectivity index (χ1v) is 7.51. The lowest BCUT2D eigenvalue weighted by Gasteiger charge is -2.14. The van der Waals surface area contributed by atoms with Gasteiger partial charge in [0.25, 0.3) is 0 Å². The number of halogens is 1. The maximum atomic E-state index is 13.6. The largest absolute Gasteiger partial charge is 0.452 e. The Morgan fingerprint density at radius 3 is 2.38 bits per heavy atom. The minimum absolute atomic E-state index is 0.0213. The predicted molar refractivity (Wildman–Crippen MR) is 78.2 cm³/mol. The summed E-state index contributed by atoms with van der Waals surface area (Å²) in [5.41, 5.74) is 5.97. The summed E-state index contributed by atoms with van der Waals surface area (Å²) in [5.74, 6) is -0.496. The summed E-state index contributed by atoms with van der Waals surface area (Å²) >= 11 is 0. The normalized spacial score (nSPS) is 11.6. The van der Waals surface area contributed by atoms with Gasteiger partial charge in [0.15, 0.2) is 17.3 Å². The Labute approximate surface area is 122 Å². The summed E-state index contributed by atoms with van der Waals surface area (Å²) in [4.78, 5) is 0.0213. The maximum Gasteiger partial charge on any atom is 0.242 e. The number of anilines is 1. The highest BCUT2D eigenvalue weighted by Gasteiger charge is 2.19. The van der Waals surface area contributed by atoms with Gasteiger partial charge in [-0.1, -0.05) is 12.1 Å². The number of rotatable bonds is 4. The lowest BCUT2D eigenvalue weighted by Crippen LogP contribution is -2.22. The quantitative estimate of drug-likeness (QED) is 0.880. The van der Waals surface area contributed by atoms with Gasteiger partial charge in [-0.3, -0.25) is 0 Å². The van der Waals surface area contributed by atoms with Crippen LogP contribution in [0.4, 0.5) is 10.1 Å². The molecule has 0 spiro atoms. The summed E-state index contributed by atoms with van der Waals surface area (Å²) in [5, 5.41) is 0. The fourth-order valence-electron chi connectivity index (χ4n) is 1.62. The number of para-hydroxylation sites is 1. The number of benzene rings is 2. The molecule has 7 heteroatoms. The number of sulfonamides is 1. The van der Waals surface area contributed by atoms with E-state index in [1.54, 1.807) is 6.07 Å². The van der Waals surface area contributed by atoms with Crippen LogP contribution in [0.15, 0.2) is 47.4 Å². The molecular weight excluding hydrogens is 295 g/mol. The van der Waals surface area contributed by atoms with Crippen molar-refractivity contribution in [2.45, 2.75) is 4.90 Å². The molecule has 2 aromatic rings. The van der Waals surface area contributed by atoms with Crippen molar-refractivity contribution in [2.24, 2.45) is 0 Å². The smallest absolute Gasteiger partial charge is 0.242 e. The van der Waals surface area contributed by atoms with E-state index in [-0.39, 0.29) is 22.1 Å². The zero-order valence-electron chi connectivity index (χ0n) is 11.6. The number of ether oxygens (including phenoxy) is 1. The molecule has 0 fully saturated rings. The van der Waals surface area contributed by atoms with Crippen LogP contribution in [0.3, 0.4) is 0 Å². The molecule has 0 atom stereocenters. The van der Waals surface area contributed by atoms with Crippen molar-refractivity contribution in [3.05, 3.63) is 48.3 Å². The number of nitrogen functional groups attached to an aromatic ring is 1. The molecule has 0 saturated carbocycles. The van der Waals surface area contributed by atoms with Crippen molar-refractivity contribution in [2.75, 3.05) is 19.8 Å². The van der Waals surface area contributed by atoms with Gasteiger partial charge in [-0.05, 0) is 24.3 Å². The summed E-state index contributed by atoms with van der Waals surface area (Å²) < 4.78 is 44.2. The predicted octanol–water partition coefficient (Wildman–Crippen LogP) is 2.45. The molecule has 2 aromatic carbocycles. The van der Waals surface area contributed by atoms with E-state index in [0.717, 1.165) is 4.31 Å². The molecule has 0 unspecified atom stereocenters. The van der Waals surface area contributed by atoms with Gasteiger partial charge in [-0.2, -0.15) is 0 Å². The van der Waals surface area contributed by atoms with Crippen molar-refractivity contribution in [1.82, 2.24) is 4.31 Å². The van der Waals surface area contributed by atoms with Crippen LogP contribution in [0.5, 0.6) is 11.5 Å². The summed E-state index contributed by atoms with van der Waals surface area (Å²) in [7, 11) is -0.775. The van der Waals surface area contributed by atoms with Crippen LogP contribution in [0, 0.1) is 5.82 Å². The van der Waals surface area contributed by atoms with Gasteiger partial charge in [0, 0.05) is 20.2 Å². The minimum atomic E-state index is -3.61. The Balaban J connectivity index is 2.44. The van der Waals surface area contributed by atoms with Crippen molar-refractivity contribution in [1.29, 1.82) is 0 Å². The van der Waals surface area contributed by atoms with Gasteiger partial charge in [0.05, 0.1) is 10.6 Å². The number of nitrogens with zero attached hydrogens (tertiary/aromatic N) is 1. The van der Waals surface area contributed by atoms with Crippen LogP contribution in [-0.4, -0.2) is 26.8 Å². The maximum absolute atomic E-state index is 13.6. The van der Waals surface area contributed by atoms with E-state index in [1.165, 1.54) is 50.5 Å². The first-order valence-electron chi connectivity index (χ1n) is 6.07. The summed E-state index contributed by atoms with van der Waals surface area (Å²) in [6.45, 7) is 0. The van der Waals surface area contributed by atoms with Gasteiger partial charge < -0.3 is 10.5 Å².